The minimum atomic E-state index is -4.05. The molecule has 0 aliphatic rings. The molecule has 0 saturated carbocycles. The lowest BCUT2D eigenvalue weighted by Gasteiger charge is -2.25. The van der Waals surface area contributed by atoms with E-state index in [1.807, 2.05) is 19.9 Å². The number of carbonyl (C=O) groups excluding carboxylic acids is 1. The Morgan fingerprint density at radius 3 is 2.35 bits per heavy atom. The molecule has 1 amide bonds. The number of sulfonamides is 1. The van der Waals surface area contributed by atoms with E-state index < -0.39 is 27.4 Å². The van der Waals surface area contributed by atoms with Crippen LogP contribution in [0.5, 0.6) is 0 Å². The van der Waals surface area contributed by atoms with Gasteiger partial charge in [0.1, 0.15) is 6.54 Å². The second kappa shape index (κ2) is 10.3. The van der Waals surface area contributed by atoms with Gasteiger partial charge in [-0.15, -0.1) is 0 Å². The van der Waals surface area contributed by atoms with Crippen molar-refractivity contribution in [3.05, 3.63) is 99.1 Å². The minimum Gasteiger partial charge on any atom is -0.271 e. The lowest BCUT2D eigenvalue weighted by atomic mass is 10.1. The van der Waals surface area contributed by atoms with E-state index in [1.165, 1.54) is 36.5 Å². The van der Waals surface area contributed by atoms with E-state index in [2.05, 4.69) is 10.5 Å². The van der Waals surface area contributed by atoms with Gasteiger partial charge in [0.2, 0.25) is 0 Å². The predicted octanol–water partition coefficient (Wildman–Crippen LogP) is 3.87. The highest BCUT2D eigenvalue weighted by molar-refractivity contribution is 7.92. The van der Waals surface area contributed by atoms with Gasteiger partial charge in [-0.25, -0.2) is 13.8 Å². The Balaban J connectivity index is 1.87. The topological polar surface area (TPSA) is 122 Å². The number of nitro benzene ring substituents is 1. The maximum atomic E-state index is 13.5. The van der Waals surface area contributed by atoms with Crippen molar-refractivity contribution in [1.29, 1.82) is 0 Å². The van der Waals surface area contributed by atoms with Crippen molar-refractivity contribution in [3.63, 3.8) is 0 Å². The Morgan fingerprint density at radius 2 is 1.71 bits per heavy atom. The monoisotopic (exact) mass is 480 g/mol. The number of nitro groups is 1. The zero-order valence-electron chi connectivity index (χ0n) is 18.9. The fraction of sp³-hybridized carbons (Fsp3) is 0.167. The molecule has 9 nitrogen and oxygen atoms in total. The van der Waals surface area contributed by atoms with Gasteiger partial charge in [-0.05, 0) is 44.5 Å². The van der Waals surface area contributed by atoms with Crippen LogP contribution in [-0.4, -0.2) is 32.0 Å². The van der Waals surface area contributed by atoms with E-state index >= 15 is 0 Å². The molecule has 0 aliphatic carbocycles. The van der Waals surface area contributed by atoms with Gasteiger partial charge >= 0.3 is 0 Å². The van der Waals surface area contributed by atoms with Gasteiger partial charge in [0.05, 0.1) is 21.7 Å². The Labute approximate surface area is 197 Å². The van der Waals surface area contributed by atoms with E-state index in [1.54, 1.807) is 37.3 Å². The lowest BCUT2D eigenvalue weighted by molar-refractivity contribution is -0.384. The Hall–Kier alpha value is -4.05. The first-order valence-corrected chi connectivity index (χ1v) is 11.7. The third-order valence-electron chi connectivity index (χ3n) is 5.00. The summed E-state index contributed by atoms with van der Waals surface area (Å²) in [6.07, 6.45) is 1.25. The molecule has 3 aromatic rings. The van der Waals surface area contributed by atoms with Crippen molar-refractivity contribution >= 4 is 33.5 Å². The summed E-state index contributed by atoms with van der Waals surface area (Å²) in [5, 5.41) is 14.7. The molecule has 0 spiro atoms. The average Bonchev–Trinajstić information content (AvgIpc) is 2.78. The molecular weight excluding hydrogens is 456 g/mol. The van der Waals surface area contributed by atoms with Crippen molar-refractivity contribution in [2.45, 2.75) is 25.7 Å². The number of nitrogens with zero attached hydrogens (tertiary/aromatic N) is 3. The second-order valence-corrected chi connectivity index (χ2v) is 9.62. The quantitative estimate of drug-likeness (QED) is 0.298. The van der Waals surface area contributed by atoms with Crippen molar-refractivity contribution in [2.75, 3.05) is 10.8 Å². The molecule has 0 fully saturated rings. The summed E-state index contributed by atoms with van der Waals surface area (Å²) in [7, 11) is -4.05. The van der Waals surface area contributed by atoms with Crippen LogP contribution in [0.4, 0.5) is 11.4 Å². The molecule has 0 aromatic heterocycles. The van der Waals surface area contributed by atoms with Crippen LogP contribution in [0.3, 0.4) is 0 Å². The zero-order chi connectivity index (χ0) is 24.9. The van der Waals surface area contributed by atoms with Crippen LogP contribution < -0.4 is 9.73 Å². The number of hydrogen-bond acceptors (Lipinski definition) is 6. The Kier molecular flexibility index (Phi) is 7.42. The van der Waals surface area contributed by atoms with Gasteiger partial charge in [-0.3, -0.25) is 19.2 Å². The number of carbonyl (C=O) groups is 1. The minimum absolute atomic E-state index is 0.0611. The number of nitrogens with one attached hydrogen (secondary N) is 1. The summed E-state index contributed by atoms with van der Waals surface area (Å²) in [5.74, 6) is -0.669. The van der Waals surface area contributed by atoms with Crippen LogP contribution in [0.1, 0.15) is 22.3 Å². The summed E-state index contributed by atoms with van der Waals surface area (Å²) < 4.78 is 28.0. The molecule has 34 heavy (non-hydrogen) atoms. The molecule has 0 bridgehead atoms. The highest BCUT2D eigenvalue weighted by atomic mass is 32.2. The molecule has 0 unspecified atom stereocenters. The standard InChI is InChI=1S/C24H24N4O5S/c1-17-7-10-22(11-8-17)34(32,33)27(23-12-9-18(2)13-19(23)3)16-24(29)26-25-15-20-5-4-6-21(14-20)28(30)31/h4-15H,16H2,1-3H3,(H,26,29)/b25-15-. The van der Waals surface area contributed by atoms with Crippen LogP contribution in [-0.2, 0) is 14.8 Å². The number of hydrazone groups is 1. The number of hydrogen-bond donors (Lipinski definition) is 1. The molecule has 3 aromatic carbocycles. The first-order valence-electron chi connectivity index (χ1n) is 10.3. The van der Waals surface area contributed by atoms with Crippen LogP contribution >= 0.6 is 0 Å². The van der Waals surface area contributed by atoms with Crippen LogP contribution in [0.15, 0.2) is 76.7 Å². The smallest absolute Gasteiger partial charge is 0.270 e. The highest BCUT2D eigenvalue weighted by Gasteiger charge is 2.28. The molecule has 0 aliphatic heterocycles. The fourth-order valence-electron chi connectivity index (χ4n) is 3.29. The summed E-state index contributed by atoms with van der Waals surface area (Å²) in [6, 6.07) is 17.4. The zero-order valence-corrected chi connectivity index (χ0v) is 19.7. The average molecular weight is 481 g/mol. The van der Waals surface area contributed by atoms with E-state index in [4.69, 9.17) is 0 Å². The van der Waals surface area contributed by atoms with E-state index in [0.29, 0.717) is 16.8 Å². The Morgan fingerprint density at radius 1 is 1.03 bits per heavy atom. The molecule has 1 N–H and O–H groups in total. The number of anilines is 1. The predicted molar refractivity (Wildman–Crippen MR) is 130 cm³/mol. The van der Waals surface area contributed by atoms with Crippen molar-refractivity contribution in [3.8, 4) is 0 Å². The normalized spacial score (nSPS) is 11.4. The molecule has 176 valence electrons. The third-order valence-corrected chi connectivity index (χ3v) is 6.78. The Bertz CT molecular complexity index is 1350. The first-order chi connectivity index (χ1) is 16.1. The summed E-state index contributed by atoms with van der Waals surface area (Å²) >= 11 is 0. The molecule has 0 radical (unpaired) electrons. The van der Waals surface area contributed by atoms with E-state index in [9.17, 15) is 23.3 Å². The van der Waals surface area contributed by atoms with E-state index in [0.717, 1.165) is 15.4 Å². The second-order valence-electron chi connectivity index (χ2n) is 7.76. The van der Waals surface area contributed by atoms with Crippen LogP contribution in [0.2, 0.25) is 0 Å². The fourth-order valence-corrected chi connectivity index (χ4v) is 4.77. The van der Waals surface area contributed by atoms with Gasteiger partial charge in [0, 0.05) is 17.7 Å². The van der Waals surface area contributed by atoms with Gasteiger partial charge < -0.3 is 0 Å². The third kappa shape index (κ3) is 5.84. The largest absolute Gasteiger partial charge is 0.271 e. The number of rotatable bonds is 8. The molecule has 0 atom stereocenters. The van der Waals surface area contributed by atoms with Gasteiger partial charge in [0.15, 0.2) is 0 Å². The summed E-state index contributed by atoms with van der Waals surface area (Å²) in [4.78, 5) is 23.1. The molecule has 0 saturated heterocycles. The maximum absolute atomic E-state index is 13.5. The van der Waals surface area contributed by atoms with Crippen molar-refractivity contribution in [1.82, 2.24) is 5.43 Å². The first kappa shape index (κ1) is 24.6. The number of non-ortho nitro benzene ring substituents is 1. The molecule has 3 rings (SSSR count). The van der Waals surface area contributed by atoms with Crippen LogP contribution in [0, 0.1) is 30.9 Å². The molecule has 10 heteroatoms. The van der Waals surface area contributed by atoms with Crippen molar-refractivity contribution in [2.24, 2.45) is 5.10 Å². The number of amides is 1. The van der Waals surface area contributed by atoms with Crippen LogP contribution in [0.25, 0.3) is 0 Å². The number of aryl methyl sites for hydroxylation is 3. The van der Waals surface area contributed by atoms with Crippen molar-refractivity contribution < 1.29 is 18.1 Å². The van der Waals surface area contributed by atoms with Gasteiger partial charge in [-0.2, -0.15) is 5.10 Å². The lowest BCUT2D eigenvalue weighted by Crippen LogP contribution is -2.40. The summed E-state index contributed by atoms with van der Waals surface area (Å²) in [5.41, 5.74) is 5.54. The molecular formula is C24H24N4O5S. The summed E-state index contributed by atoms with van der Waals surface area (Å²) in [6.45, 7) is 5.01. The van der Waals surface area contributed by atoms with E-state index in [-0.39, 0.29) is 10.6 Å². The maximum Gasteiger partial charge on any atom is 0.270 e. The molecule has 0 heterocycles. The highest BCUT2D eigenvalue weighted by Crippen LogP contribution is 2.27. The van der Waals surface area contributed by atoms with Gasteiger partial charge in [0.25, 0.3) is 21.6 Å². The van der Waals surface area contributed by atoms with Gasteiger partial charge in [-0.1, -0.05) is 47.5 Å². The SMILES string of the molecule is Cc1ccc(S(=O)(=O)N(CC(=O)N/N=C\c2cccc([N+](=O)[O-])c2)c2ccc(C)cc2C)cc1. The number of benzene rings is 3.